The molecule has 0 aromatic rings. The standard InChI is InChI=1S/C12H24O.ClH.K.Na.H/c1-2-3-4-5-6-7-8-9-10-11-12-13;;;;/h12H,2-11H2,1H3;1H;;;/q;;2*+1;-1/p-1. The van der Waals surface area contributed by atoms with E-state index < -0.39 is 0 Å². The molecule has 0 radical (unpaired) electrons. The Morgan fingerprint density at radius 2 is 1.25 bits per heavy atom. The van der Waals surface area contributed by atoms with Gasteiger partial charge in [-0.2, -0.15) is 0 Å². The first-order valence-electron chi connectivity index (χ1n) is 5.85. The summed E-state index contributed by atoms with van der Waals surface area (Å²) in [5.74, 6) is 0. The van der Waals surface area contributed by atoms with Gasteiger partial charge in [-0.15, -0.1) is 0 Å². The molecule has 0 aliphatic carbocycles. The summed E-state index contributed by atoms with van der Waals surface area (Å²) in [5, 5.41) is 0. The first kappa shape index (κ1) is 27.0. The molecule has 0 rings (SSSR count). The Balaban J connectivity index is -0.000000120. The maximum Gasteiger partial charge on any atom is 1.00 e. The number of unbranched alkanes of at least 4 members (excludes halogenated alkanes) is 9. The van der Waals surface area contributed by atoms with Gasteiger partial charge in [0.1, 0.15) is 6.29 Å². The van der Waals surface area contributed by atoms with Crippen LogP contribution in [-0.4, -0.2) is 6.29 Å². The number of hydrogen-bond donors (Lipinski definition) is 0. The van der Waals surface area contributed by atoms with Crippen molar-refractivity contribution < 1.29 is 99.6 Å². The van der Waals surface area contributed by atoms with Gasteiger partial charge in [-0.05, 0) is 6.42 Å². The van der Waals surface area contributed by atoms with E-state index in [4.69, 9.17) is 0 Å². The summed E-state index contributed by atoms with van der Waals surface area (Å²) in [4.78, 5) is 10.0. The molecule has 1 nitrogen and oxygen atoms in total. The predicted octanol–water partition coefficient (Wildman–Crippen LogP) is -4.77. The molecule has 0 aromatic carbocycles. The smallest absolute Gasteiger partial charge is 1.00 e. The van der Waals surface area contributed by atoms with E-state index in [9.17, 15) is 4.79 Å². The van der Waals surface area contributed by atoms with Crippen molar-refractivity contribution in [3.05, 3.63) is 0 Å². The van der Waals surface area contributed by atoms with Crippen LogP contribution in [0.5, 0.6) is 0 Å². The second-order valence-electron chi connectivity index (χ2n) is 3.78. The third-order valence-electron chi connectivity index (χ3n) is 2.43. The fraction of sp³-hybridized carbons (Fsp3) is 0.917. The molecule has 0 N–H and O–H groups in total. The summed E-state index contributed by atoms with van der Waals surface area (Å²) in [6, 6.07) is 0. The van der Waals surface area contributed by atoms with Crippen LogP contribution in [-0.2, 0) is 4.79 Å². The van der Waals surface area contributed by atoms with Gasteiger partial charge in [0.15, 0.2) is 0 Å². The van der Waals surface area contributed by atoms with E-state index in [2.05, 4.69) is 6.92 Å². The second kappa shape index (κ2) is 26.2. The number of hydrogen-bond acceptors (Lipinski definition) is 1. The van der Waals surface area contributed by atoms with E-state index in [0.717, 1.165) is 19.1 Å². The van der Waals surface area contributed by atoms with Crippen LogP contribution < -0.4 is 93.3 Å². The maximum atomic E-state index is 10.0. The number of rotatable bonds is 10. The molecule has 16 heavy (non-hydrogen) atoms. The Hall–Kier alpha value is 2.60. The quantitative estimate of drug-likeness (QED) is 0.223. The van der Waals surface area contributed by atoms with Crippen molar-refractivity contribution in [2.24, 2.45) is 0 Å². The normalized spacial score (nSPS) is 8.31. The topological polar surface area (TPSA) is 17.1 Å². The summed E-state index contributed by atoms with van der Waals surface area (Å²) in [6.45, 7) is 2.25. The third-order valence-corrected chi connectivity index (χ3v) is 2.43. The van der Waals surface area contributed by atoms with Crippen molar-refractivity contribution in [2.75, 3.05) is 0 Å². The third kappa shape index (κ3) is 25.4. The summed E-state index contributed by atoms with van der Waals surface area (Å²) in [7, 11) is 0. The SMILES string of the molecule is CCCCCCCCCCCC=O.[Cl-].[H-].[K+].[Na+]. The second-order valence-corrected chi connectivity index (χ2v) is 3.78. The number of aldehydes is 1. The van der Waals surface area contributed by atoms with Crippen LogP contribution >= 0.6 is 0 Å². The zero-order chi connectivity index (χ0) is 9.78. The Kier molecular flexibility index (Phi) is 44.3. The Bertz CT molecular complexity index is 121. The van der Waals surface area contributed by atoms with Crippen molar-refractivity contribution in [3.8, 4) is 0 Å². The molecule has 0 saturated heterocycles. The van der Waals surface area contributed by atoms with Crippen molar-refractivity contribution in [1.29, 1.82) is 0 Å². The molecule has 0 unspecified atom stereocenters. The molecule has 0 fully saturated rings. The van der Waals surface area contributed by atoms with E-state index in [1.807, 2.05) is 0 Å². The first-order chi connectivity index (χ1) is 6.41. The van der Waals surface area contributed by atoms with Crippen molar-refractivity contribution in [3.63, 3.8) is 0 Å². The molecule has 0 aliphatic heterocycles. The Morgan fingerprint density at radius 1 is 0.875 bits per heavy atom. The van der Waals surface area contributed by atoms with E-state index in [-0.39, 0.29) is 94.8 Å². The molecule has 0 aromatic heterocycles. The van der Waals surface area contributed by atoms with Gasteiger partial charge < -0.3 is 18.6 Å². The van der Waals surface area contributed by atoms with Gasteiger partial charge in [0.2, 0.25) is 0 Å². The average molecular weight is 283 g/mol. The van der Waals surface area contributed by atoms with Crippen LogP contribution in [0, 0.1) is 0 Å². The average Bonchev–Trinajstić information content (AvgIpc) is 2.16. The Labute approximate surface area is 174 Å². The number of carbonyl (C=O) groups excluding carboxylic acids is 1. The van der Waals surface area contributed by atoms with Crippen molar-refractivity contribution in [2.45, 2.75) is 71.1 Å². The maximum absolute atomic E-state index is 10.0. The molecule has 0 bridgehead atoms. The molecule has 0 amide bonds. The molecule has 4 heteroatoms. The fourth-order valence-corrected chi connectivity index (χ4v) is 1.54. The summed E-state index contributed by atoms with van der Waals surface area (Å²) >= 11 is 0. The van der Waals surface area contributed by atoms with Gasteiger partial charge in [0.05, 0.1) is 0 Å². The van der Waals surface area contributed by atoms with Crippen LogP contribution in [0.3, 0.4) is 0 Å². The zero-order valence-electron chi connectivity index (χ0n) is 12.4. The van der Waals surface area contributed by atoms with E-state index >= 15 is 0 Å². The fourth-order valence-electron chi connectivity index (χ4n) is 1.54. The van der Waals surface area contributed by atoms with Gasteiger partial charge in [-0.1, -0.05) is 58.3 Å². The largest absolute Gasteiger partial charge is 1.00 e. The zero-order valence-corrected chi connectivity index (χ0v) is 17.3. The Morgan fingerprint density at radius 3 is 1.62 bits per heavy atom. The first-order valence-corrected chi connectivity index (χ1v) is 5.85. The predicted molar refractivity (Wildman–Crippen MR) is 59.0 cm³/mol. The van der Waals surface area contributed by atoms with Crippen molar-refractivity contribution in [1.82, 2.24) is 0 Å². The van der Waals surface area contributed by atoms with Crippen LogP contribution in [0.4, 0.5) is 0 Å². The van der Waals surface area contributed by atoms with E-state index in [0.29, 0.717) is 0 Å². The van der Waals surface area contributed by atoms with E-state index in [1.165, 1.54) is 51.4 Å². The monoisotopic (exact) mass is 282 g/mol. The number of carbonyl (C=O) groups is 1. The van der Waals surface area contributed by atoms with Gasteiger partial charge in [-0.3, -0.25) is 0 Å². The molecule has 0 atom stereocenters. The van der Waals surface area contributed by atoms with Crippen LogP contribution in [0.15, 0.2) is 0 Å². The van der Waals surface area contributed by atoms with Crippen LogP contribution in [0.2, 0.25) is 0 Å². The van der Waals surface area contributed by atoms with Gasteiger partial charge in [-0.25, -0.2) is 0 Å². The minimum atomic E-state index is 0. The summed E-state index contributed by atoms with van der Waals surface area (Å²) < 4.78 is 0. The van der Waals surface area contributed by atoms with Gasteiger partial charge in [0, 0.05) is 6.42 Å². The van der Waals surface area contributed by atoms with Gasteiger partial charge >= 0.3 is 80.9 Å². The van der Waals surface area contributed by atoms with E-state index in [1.54, 1.807) is 0 Å². The van der Waals surface area contributed by atoms with Crippen molar-refractivity contribution >= 4 is 6.29 Å². The summed E-state index contributed by atoms with van der Waals surface area (Å²) in [6.07, 6.45) is 13.7. The minimum absolute atomic E-state index is 0. The molecular formula is C12H25ClKNaO. The summed E-state index contributed by atoms with van der Waals surface area (Å²) in [5.41, 5.74) is 0. The minimum Gasteiger partial charge on any atom is -1.00 e. The molecular weight excluding hydrogens is 258 g/mol. The molecule has 0 aliphatic rings. The van der Waals surface area contributed by atoms with Crippen LogP contribution in [0.1, 0.15) is 72.6 Å². The van der Waals surface area contributed by atoms with Gasteiger partial charge in [0.25, 0.3) is 0 Å². The molecule has 0 heterocycles. The van der Waals surface area contributed by atoms with Crippen LogP contribution in [0.25, 0.3) is 0 Å². The number of halogens is 1. The molecule has 0 saturated carbocycles. The molecule has 88 valence electrons. The molecule has 0 spiro atoms.